The van der Waals surface area contributed by atoms with Gasteiger partial charge in [0.15, 0.2) is 0 Å². The van der Waals surface area contributed by atoms with Crippen molar-refractivity contribution in [3.05, 3.63) is 125 Å². The average molecular weight is 589 g/mol. The highest BCUT2D eigenvalue weighted by Crippen LogP contribution is 2.30. The van der Waals surface area contributed by atoms with Crippen LogP contribution < -0.4 is 21.3 Å². The highest BCUT2D eigenvalue weighted by molar-refractivity contribution is 6.00. The Morgan fingerprint density at radius 2 is 1.52 bits per heavy atom. The summed E-state index contributed by atoms with van der Waals surface area (Å²) in [6, 6.07) is 33.2. The zero-order valence-electron chi connectivity index (χ0n) is 25.4. The molecule has 1 atom stereocenters. The van der Waals surface area contributed by atoms with Crippen LogP contribution in [0.3, 0.4) is 0 Å². The maximum atomic E-state index is 13.8. The summed E-state index contributed by atoms with van der Waals surface area (Å²) < 4.78 is 0. The number of nitrogens with two attached hydrogens (primary N) is 1. The largest absolute Gasteiger partial charge is 0.352 e. The Kier molecular flexibility index (Phi) is 9.56. The van der Waals surface area contributed by atoms with E-state index >= 15 is 0 Å². The Balaban J connectivity index is 1.31. The van der Waals surface area contributed by atoms with E-state index in [0.29, 0.717) is 25.9 Å². The monoisotopic (exact) mass is 588 g/mol. The molecule has 3 amide bonds. The Bertz CT molecular complexity index is 1610. The van der Waals surface area contributed by atoms with Gasteiger partial charge in [-0.2, -0.15) is 0 Å². The van der Waals surface area contributed by atoms with Crippen molar-refractivity contribution in [2.75, 3.05) is 4.90 Å². The second-order valence-corrected chi connectivity index (χ2v) is 12.2. The van der Waals surface area contributed by atoms with Crippen molar-refractivity contribution in [1.82, 2.24) is 10.6 Å². The minimum absolute atomic E-state index is 0.0343. The van der Waals surface area contributed by atoms with Crippen LogP contribution in [0.15, 0.2) is 103 Å². The van der Waals surface area contributed by atoms with Crippen molar-refractivity contribution >= 4 is 23.4 Å². The quantitative estimate of drug-likeness (QED) is 0.234. The topological polar surface area (TPSA) is 105 Å². The van der Waals surface area contributed by atoms with Crippen LogP contribution in [0.1, 0.15) is 48.9 Å². The maximum absolute atomic E-state index is 13.8. The number of fused-ring (bicyclic) bond motifs is 1. The molecule has 4 aromatic carbocycles. The van der Waals surface area contributed by atoms with Crippen LogP contribution in [0.25, 0.3) is 11.1 Å². The van der Waals surface area contributed by atoms with Gasteiger partial charge in [-0.3, -0.25) is 14.4 Å². The number of aryl methyl sites for hydroxylation is 1. The van der Waals surface area contributed by atoms with E-state index in [1.807, 2.05) is 103 Å². The van der Waals surface area contributed by atoms with Crippen LogP contribution >= 0.6 is 0 Å². The fourth-order valence-corrected chi connectivity index (χ4v) is 5.63. The van der Waals surface area contributed by atoms with Crippen LogP contribution in [0.5, 0.6) is 0 Å². The summed E-state index contributed by atoms with van der Waals surface area (Å²) in [5.41, 5.74) is 12.3. The SMILES string of the molecule is CC(C)(N)CC(=O)N[C@@H]1CCc2ccccc2N(Cc2ccc(-c3ccccc3CC(=O)NCc3ccccc3)cc2)C1=O. The molecule has 4 aromatic rings. The smallest absolute Gasteiger partial charge is 0.249 e. The molecule has 7 nitrogen and oxygen atoms in total. The maximum Gasteiger partial charge on any atom is 0.249 e. The third-order valence-electron chi connectivity index (χ3n) is 7.81. The van der Waals surface area contributed by atoms with E-state index in [-0.39, 0.29) is 30.6 Å². The Morgan fingerprint density at radius 3 is 2.27 bits per heavy atom. The highest BCUT2D eigenvalue weighted by atomic mass is 16.2. The van der Waals surface area contributed by atoms with Crippen molar-refractivity contribution in [3.8, 4) is 11.1 Å². The Hall–Kier alpha value is -4.75. The first-order chi connectivity index (χ1) is 21.2. The third kappa shape index (κ3) is 7.99. The predicted octanol–water partition coefficient (Wildman–Crippen LogP) is 5.30. The van der Waals surface area contributed by atoms with Gasteiger partial charge in [0.2, 0.25) is 17.7 Å². The van der Waals surface area contributed by atoms with Crippen LogP contribution in [0.2, 0.25) is 0 Å². The Morgan fingerprint density at radius 1 is 0.841 bits per heavy atom. The fraction of sp³-hybridized carbons (Fsp3) is 0.270. The molecule has 4 N–H and O–H groups in total. The van der Waals surface area contributed by atoms with E-state index in [1.54, 1.807) is 18.7 Å². The molecule has 0 saturated carbocycles. The summed E-state index contributed by atoms with van der Waals surface area (Å²) in [4.78, 5) is 41.1. The molecule has 1 aliphatic heterocycles. The van der Waals surface area contributed by atoms with Gasteiger partial charge in [-0.1, -0.05) is 97.1 Å². The summed E-state index contributed by atoms with van der Waals surface area (Å²) in [5.74, 6) is -0.388. The lowest BCUT2D eigenvalue weighted by Crippen LogP contribution is -2.49. The van der Waals surface area contributed by atoms with Crippen molar-refractivity contribution in [2.45, 2.75) is 64.2 Å². The molecule has 0 aliphatic carbocycles. The van der Waals surface area contributed by atoms with Gasteiger partial charge in [0.1, 0.15) is 6.04 Å². The lowest BCUT2D eigenvalue weighted by Gasteiger charge is -2.27. The number of amides is 3. The number of hydrogen-bond donors (Lipinski definition) is 3. The van der Waals surface area contributed by atoms with Gasteiger partial charge < -0.3 is 21.3 Å². The summed E-state index contributed by atoms with van der Waals surface area (Å²) in [6.45, 7) is 4.46. The number of hydrogen-bond acceptors (Lipinski definition) is 4. The van der Waals surface area contributed by atoms with Gasteiger partial charge in [0, 0.05) is 24.2 Å². The van der Waals surface area contributed by atoms with Gasteiger partial charge in [0.25, 0.3) is 0 Å². The summed E-state index contributed by atoms with van der Waals surface area (Å²) >= 11 is 0. The predicted molar refractivity (Wildman–Crippen MR) is 175 cm³/mol. The molecule has 7 heteroatoms. The number of rotatable bonds is 10. The molecular formula is C37H40N4O3. The third-order valence-corrected chi connectivity index (χ3v) is 7.81. The molecule has 0 saturated heterocycles. The zero-order valence-corrected chi connectivity index (χ0v) is 25.4. The number of para-hydroxylation sites is 1. The number of benzene rings is 4. The molecule has 5 rings (SSSR count). The van der Waals surface area contributed by atoms with Crippen LogP contribution in [-0.4, -0.2) is 29.3 Å². The highest BCUT2D eigenvalue weighted by Gasteiger charge is 2.32. The van der Waals surface area contributed by atoms with Gasteiger partial charge in [-0.15, -0.1) is 0 Å². The second-order valence-electron chi connectivity index (χ2n) is 12.2. The summed E-state index contributed by atoms with van der Waals surface area (Å²) in [7, 11) is 0. The van der Waals surface area contributed by atoms with Gasteiger partial charge in [-0.25, -0.2) is 0 Å². The zero-order chi connectivity index (χ0) is 31.1. The minimum atomic E-state index is -0.660. The lowest BCUT2D eigenvalue weighted by atomic mass is 9.96. The number of carbonyl (C=O) groups excluding carboxylic acids is 3. The molecule has 1 heterocycles. The van der Waals surface area contributed by atoms with Crippen molar-refractivity contribution in [3.63, 3.8) is 0 Å². The molecule has 0 unspecified atom stereocenters. The Labute approximate surface area is 259 Å². The number of carbonyl (C=O) groups is 3. The minimum Gasteiger partial charge on any atom is -0.352 e. The molecular weight excluding hydrogens is 548 g/mol. The summed E-state index contributed by atoms with van der Waals surface area (Å²) in [5, 5.41) is 5.96. The number of nitrogens with zero attached hydrogens (tertiary/aromatic N) is 1. The van der Waals surface area contributed by atoms with E-state index in [1.165, 1.54) is 0 Å². The fourth-order valence-electron chi connectivity index (χ4n) is 5.63. The van der Waals surface area contributed by atoms with E-state index in [0.717, 1.165) is 39.1 Å². The first-order valence-corrected chi connectivity index (χ1v) is 15.1. The van der Waals surface area contributed by atoms with Gasteiger partial charge in [0.05, 0.1) is 13.0 Å². The standard InChI is InChI=1S/C37H40N4O3/c1-37(2,38)23-35(43)40-32-21-20-29-12-7-9-15-33(29)41(36(32)44)25-27-16-18-28(19-17-27)31-14-8-6-13-30(31)22-34(42)39-24-26-10-4-3-5-11-26/h3-19,32H,20-25,38H2,1-2H3,(H,39,42)(H,40,43)/t32-/m1/s1. The molecule has 1 aliphatic rings. The first kappa shape index (κ1) is 30.7. The molecule has 0 aromatic heterocycles. The van der Waals surface area contributed by atoms with E-state index in [2.05, 4.69) is 10.6 Å². The van der Waals surface area contributed by atoms with Crippen LogP contribution in [0.4, 0.5) is 5.69 Å². The number of anilines is 1. The van der Waals surface area contributed by atoms with E-state index in [4.69, 9.17) is 5.73 Å². The van der Waals surface area contributed by atoms with Gasteiger partial charge >= 0.3 is 0 Å². The molecule has 0 fully saturated rings. The van der Waals surface area contributed by atoms with Crippen LogP contribution in [-0.2, 0) is 40.3 Å². The lowest BCUT2D eigenvalue weighted by molar-refractivity contribution is -0.128. The van der Waals surface area contributed by atoms with E-state index in [9.17, 15) is 14.4 Å². The van der Waals surface area contributed by atoms with Crippen LogP contribution in [0, 0.1) is 0 Å². The second kappa shape index (κ2) is 13.7. The first-order valence-electron chi connectivity index (χ1n) is 15.1. The van der Waals surface area contributed by atoms with Crippen molar-refractivity contribution in [1.29, 1.82) is 0 Å². The molecule has 0 bridgehead atoms. The van der Waals surface area contributed by atoms with Gasteiger partial charge in [-0.05, 0) is 66.1 Å². The molecule has 0 spiro atoms. The van der Waals surface area contributed by atoms with Crippen molar-refractivity contribution < 1.29 is 14.4 Å². The average Bonchev–Trinajstić information content (AvgIpc) is 3.13. The molecule has 0 radical (unpaired) electrons. The normalized spacial score (nSPS) is 14.8. The van der Waals surface area contributed by atoms with Crippen molar-refractivity contribution in [2.24, 2.45) is 5.73 Å². The summed E-state index contributed by atoms with van der Waals surface area (Å²) in [6.07, 6.45) is 1.63. The molecule has 44 heavy (non-hydrogen) atoms. The number of nitrogens with one attached hydrogen (secondary N) is 2. The van der Waals surface area contributed by atoms with E-state index < -0.39 is 11.6 Å². The molecule has 226 valence electrons.